The van der Waals surface area contributed by atoms with Crippen LogP contribution in [-0.4, -0.2) is 33.2 Å². The summed E-state index contributed by atoms with van der Waals surface area (Å²) >= 11 is 4.48. The number of benzene rings is 2. The Morgan fingerprint density at radius 2 is 1.56 bits per heavy atom. The molecule has 0 saturated heterocycles. The zero-order valence-corrected chi connectivity index (χ0v) is 24.3. The number of hydrogen-bond acceptors (Lipinski definition) is 8. The van der Waals surface area contributed by atoms with Gasteiger partial charge in [0.25, 0.3) is 5.91 Å². The summed E-state index contributed by atoms with van der Waals surface area (Å²) < 4.78 is 1.64. The van der Waals surface area contributed by atoms with E-state index in [2.05, 4.69) is 93.5 Å². The maximum atomic E-state index is 12.3. The first kappa shape index (κ1) is 28.2. The number of hydrazone groups is 1. The number of carbonyl (C=O) groups excluding carboxylic acids is 1. The Morgan fingerprint density at radius 3 is 2.11 bits per heavy atom. The molecule has 0 bridgehead atoms. The number of phenolic OH excluding ortho intramolecular Hbond substituents is 1. The minimum absolute atomic E-state index is 0.199. The Labute approximate surface area is 226 Å². The summed E-state index contributed by atoms with van der Waals surface area (Å²) in [5, 5.41) is 23.4. The van der Waals surface area contributed by atoms with Gasteiger partial charge in [-0.2, -0.15) is 5.10 Å². The molecule has 0 aliphatic heterocycles. The summed E-state index contributed by atoms with van der Waals surface area (Å²) in [7, 11) is 0. The fourth-order valence-electron chi connectivity index (χ4n) is 3.36. The first-order valence-corrected chi connectivity index (χ1v) is 14.5. The summed E-state index contributed by atoms with van der Waals surface area (Å²) in [5.74, 6) is 1.14. The number of thioether (sulfide) groups is 2. The number of hydrogen-bond donors (Lipinski definition) is 2. The van der Waals surface area contributed by atoms with E-state index in [0.717, 1.165) is 31.1 Å². The summed E-state index contributed by atoms with van der Waals surface area (Å²) in [4.78, 5) is 12.3. The van der Waals surface area contributed by atoms with E-state index in [-0.39, 0.29) is 22.5 Å². The van der Waals surface area contributed by atoms with Gasteiger partial charge < -0.3 is 5.11 Å². The van der Waals surface area contributed by atoms with E-state index in [1.54, 1.807) is 18.0 Å². The van der Waals surface area contributed by atoms with Crippen LogP contribution in [0, 0.1) is 6.92 Å². The summed E-state index contributed by atoms with van der Waals surface area (Å²) in [6.45, 7) is 14.5. The number of phenols is 1. The molecule has 0 aliphatic rings. The summed E-state index contributed by atoms with van der Waals surface area (Å²) in [6, 6.07) is 12.3. The minimum atomic E-state index is -0.229. The van der Waals surface area contributed by atoms with E-state index in [9.17, 15) is 9.90 Å². The average Bonchev–Trinajstić information content (AvgIpc) is 3.24. The van der Waals surface area contributed by atoms with Crippen molar-refractivity contribution in [1.82, 2.24) is 15.6 Å². The van der Waals surface area contributed by atoms with Crippen LogP contribution in [0.25, 0.3) is 0 Å². The van der Waals surface area contributed by atoms with E-state index in [4.69, 9.17) is 0 Å². The lowest BCUT2D eigenvalue weighted by Crippen LogP contribution is -2.20. The first-order chi connectivity index (χ1) is 16.8. The molecule has 0 unspecified atom stereocenters. The van der Waals surface area contributed by atoms with E-state index in [1.165, 1.54) is 34.2 Å². The number of aryl methyl sites for hydroxylation is 1. The molecule has 6 nitrogen and oxygen atoms in total. The van der Waals surface area contributed by atoms with Gasteiger partial charge in [0.05, 0.1) is 12.0 Å². The third-order valence-electron chi connectivity index (χ3n) is 5.35. The number of nitrogens with one attached hydrogen (secondary N) is 1. The van der Waals surface area contributed by atoms with Crippen LogP contribution in [0.2, 0.25) is 0 Å². The van der Waals surface area contributed by atoms with Crippen molar-refractivity contribution >= 4 is 47.0 Å². The molecule has 36 heavy (non-hydrogen) atoms. The number of aromatic hydroxyl groups is 1. The molecule has 2 N–H and O–H groups in total. The molecular weight excluding hydrogens is 509 g/mol. The highest BCUT2D eigenvalue weighted by Gasteiger charge is 2.26. The molecule has 0 atom stereocenters. The maximum absolute atomic E-state index is 12.3. The average molecular weight is 543 g/mol. The fourth-order valence-corrected chi connectivity index (χ4v) is 6.12. The Balaban J connectivity index is 1.55. The molecule has 1 amide bonds. The zero-order chi connectivity index (χ0) is 26.5. The molecule has 2 aromatic carbocycles. The highest BCUT2D eigenvalue weighted by molar-refractivity contribution is 8.03. The molecule has 0 saturated carbocycles. The molecule has 9 heteroatoms. The van der Waals surface area contributed by atoms with Gasteiger partial charge in [0.1, 0.15) is 5.75 Å². The second-order valence-electron chi connectivity index (χ2n) is 10.7. The van der Waals surface area contributed by atoms with Gasteiger partial charge in [-0.25, -0.2) is 5.43 Å². The van der Waals surface area contributed by atoms with Crippen molar-refractivity contribution in [1.29, 1.82) is 0 Å². The van der Waals surface area contributed by atoms with Crippen LogP contribution >= 0.6 is 34.9 Å². The first-order valence-electron chi connectivity index (χ1n) is 11.7. The SMILES string of the molecule is Cc1ccc(CSc2nnc(SCC(=O)NN=Cc3cc(C(C)(C)C)c(O)c(C(C)(C)C)c3)s2)cc1. The van der Waals surface area contributed by atoms with Gasteiger partial charge in [-0.05, 0) is 41.0 Å². The minimum Gasteiger partial charge on any atom is -0.507 e. The van der Waals surface area contributed by atoms with Crippen molar-refractivity contribution in [2.75, 3.05) is 5.75 Å². The van der Waals surface area contributed by atoms with E-state index >= 15 is 0 Å². The molecule has 0 spiro atoms. The molecule has 1 heterocycles. The largest absolute Gasteiger partial charge is 0.507 e. The normalized spacial score (nSPS) is 12.3. The van der Waals surface area contributed by atoms with Gasteiger partial charge in [-0.3, -0.25) is 4.79 Å². The second-order valence-corrected chi connectivity index (χ2v) is 14.1. The maximum Gasteiger partial charge on any atom is 0.250 e. The van der Waals surface area contributed by atoms with Crippen LogP contribution in [0.4, 0.5) is 0 Å². The number of rotatable bonds is 8. The third kappa shape index (κ3) is 8.08. The zero-order valence-electron chi connectivity index (χ0n) is 21.9. The van der Waals surface area contributed by atoms with Crippen LogP contribution in [-0.2, 0) is 21.4 Å². The van der Waals surface area contributed by atoms with Crippen molar-refractivity contribution < 1.29 is 9.90 Å². The van der Waals surface area contributed by atoms with Crippen LogP contribution in [0.15, 0.2) is 50.2 Å². The molecular formula is C27H34N4O2S3. The molecule has 3 rings (SSSR count). The Bertz CT molecular complexity index is 1190. The van der Waals surface area contributed by atoms with Gasteiger partial charge >= 0.3 is 0 Å². The summed E-state index contributed by atoms with van der Waals surface area (Å²) in [5.41, 5.74) is 7.15. The summed E-state index contributed by atoms with van der Waals surface area (Å²) in [6.07, 6.45) is 1.62. The van der Waals surface area contributed by atoms with Gasteiger partial charge in [-0.15, -0.1) is 10.2 Å². The highest BCUT2D eigenvalue weighted by Crippen LogP contribution is 2.39. The number of amides is 1. The third-order valence-corrected chi connectivity index (χ3v) is 8.61. The highest BCUT2D eigenvalue weighted by atomic mass is 32.2. The van der Waals surface area contributed by atoms with Gasteiger partial charge in [0, 0.05) is 16.9 Å². The lowest BCUT2D eigenvalue weighted by atomic mass is 9.78. The topological polar surface area (TPSA) is 87.5 Å². The fraction of sp³-hybridized carbons (Fsp3) is 0.407. The van der Waals surface area contributed by atoms with Crippen LogP contribution in [0.1, 0.15) is 69.4 Å². The van der Waals surface area contributed by atoms with Crippen molar-refractivity contribution in [3.8, 4) is 5.75 Å². The number of nitrogens with zero attached hydrogens (tertiary/aromatic N) is 3. The Morgan fingerprint density at radius 1 is 1.00 bits per heavy atom. The van der Waals surface area contributed by atoms with Crippen molar-refractivity contribution in [2.45, 2.75) is 73.7 Å². The smallest absolute Gasteiger partial charge is 0.250 e. The van der Waals surface area contributed by atoms with Crippen LogP contribution < -0.4 is 5.43 Å². The van der Waals surface area contributed by atoms with Crippen molar-refractivity contribution in [3.63, 3.8) is 0 Å². The molecule has 0 fully saturated rings. The molecule has 192 valence electrons. The monoisotopic (exact) mass is 542 g/mol. The quantitative estimate of drug-likeness (QED) is 0.187. The van der Waals surface area contributed by atoms with Crippen molar-refractivity contribution in [2.24, 2.45) is 5.10 Å². The Hall–Kier alpha value is -2.36. The van der Waals surface area contributed by atoms with E-state index in [0.29, 0.717) is 5.75 Å². The van der Waals surface area contributed by atoms with Gasteiger partial charge in [0.2, 0.25) is 0 Å². The molecule has 1 aromatic heterocycles. The lowest BCUT2D eigenvalue weighted by Gasteiger charge is -2.27. The van der Waals surface area contributed by atoms with Crippen LogP contribution in [0.3, 0.4) is 0 Å². The number of aromatic nitrogens is 2. The van der Waals surface area contributed by atoms with Crippen LogP contribution in [0.5, 0.6) is 5.75 Å². The van der Waals surface area contributed by atoms with Gasteiger partial charge in [-0.1, -0.05) is 106 Å². The predicted molar refractivity (Wildman–Crippen MR) is 153 cm³/mol. The van der Waals surface area contributed by atoms with Gasteiger partial charge in [0.15, 0.2) is 8.68 Å². The standard InChI is InChI=1S/C27H34N4O2S3/c1-17-8-10-18(11-9-17)15-34-24-30-31-25(36-24)35-16-22(32)29-28-14-19-12-20(26(2,3)4)23(33)21(13-19)27(5,6)7/h8-14,33H,15-16H2,1-7H3,(H,29,32). The lowest BCUT2D eigenvalue weighted by molar-refractivity contribution is -0.118. The van der Waals surface area contributed by atoms with E-state index < -0.39 is 0 Å². The molecule has 0 radical (unpaired) electrons. The molecule has 0 aliphatic carbocycles. The Kier molecular flexibility index (Phi) is 9.24. The predicted octanol–water partition coefficient (Wildman–Crippen LogP) is 6.68. The second kappa shape index (κ2) is 11.8. The molecule has 3 aromatic rings. The van der Waals surface area contributed by atoms with E-state index in [1.807, 2.05) is 12.1 Å². The number of carbonyl (C=O) groups is 1. The van der Waals surface area contributed by atoms with Crippen molar-refractivity contribution in [3.05, 3.63) is 64.2 Å².